The van der Waals surface area contributed by atoms with Crippen molar-refractivity contribution in [2.45, 2.75) is 12.5 Å². The van der Waals surface area contributed by atoms with Gasteiger partial charge < -0.3 is 9.88 Å². The zero-order valence-electron chi connectivity index (χ0n) is 16.6. The molecule has 5 heteroatoms. The van der Waals surface area contributed by atoms with E-state index in [4.69, 9.17) is 0 Å². The van der Waals surface area contributed by atoms with Crippen LogP contribution in [0.4, 0.5) is 0 Å². The van der Waals surface area contributed by atoms with E-state index in [1.54, 1.807) is 11.7 Å². The fraction of sp³-hybridized carbons (Fsp3) is 0.167. The van der Waals surface area contributed by atoms with Gasteiger partial charge in [0, 0.05) is 20.3 Å². The van der Waals surface area contributed by atoms with Gasteiger partial charge in [0.05, 0.1) is 11.7 Å². The third kappa shape index (κ3) is 4.14. The van der Waals surface area contributed by atoms with E-state index in [0.717, 1.165) is 23.4 Å². The van der Waals surface area contributed by atoms with E-state index in [-0.39, 0.29) is 11.9 Å². The number of benzene rings is 2. The van der Waals surface area contributed by atoms with Crippen LogP contribution in [0.1, 0.15) is 27.7 Å². The Hall–Kier alpha value is -3.60. The van der Waals surface area contributed by atoms with Gasteiger partial charge in [-0.15, -0.1) is 0 Å². The van der Waals surface area contributed by atoms with Gasteiger partial charge in [-0.2, -0.15) is 5.10 Å². The fourth-order valence-electron chi connectivity index (χ4n) is 3.55. The van der Waals surface area contributed by atoms with Gasteiger partial charge in [0.25, 0.3) is 5.91 Å². The predicted molar refractivity (Wildman–Crippen MR) is 114 cm³/mol. The first-order valence-corrected chi connectivity index (χ1v) is 9.67. The molecule has 2 heterocycles. The Morgan fingerprint density at radius 3 is 2.31 bits per heavy atom. The number of amides is 1. The highest BCUT2D eigenvalue weighted by Crippen LogP contribution is 2.21. The lowest BCUT2D eigenvalue weighted by Crippen LogP contribution is -2.31. The standard InChI is InChI=1S/C24H24N4O/c1-27-15-9-14-22(27)21-17-23(28(2)26-21)24(29)25-20(19-12-7-4-8-13-19)16-18-10-5-3-6-11-18/h3-15,17,20H,16H2,1-2H3,(H,25,29). The summed E-state index contributed by atoms with van der Waals surface area (Å²) in [5.41, 5.74) is 4.55. The van der Waals surface area contributed by atoms with Crippen LogP contribution in [-0.2, 0) is 20.5 Å². The van der Waals surface area contributed by atoms with Gasteiger partial charge in [0.15, 0.2) is 0 Å². The maximum Gasteiger partial charge on any atom is 0.270 e. The number of aromatic nitrogens is 3. The van der Waals surface area contributed by atoms with Gasteiger partial charge in [0.1, 0.15) is 11.4 Å². The van der Waals surface area contributed by atoms with Gasteiger partial charge in [-0.3, -0.25) is 9.48 Å². The molecule has 1 amide bonds. The zero-order chi connectivity index (χ0) is 20.2. The number of nitrogens with zero attached hydrogens (tertiary/aromatic N) is 3. The largest absolute Gasteiger partial charge is 0.349 e. The van der Waals surface area contributed by atoms with Crippen LogP contribution >= 0.6 is 0 Å². The second kappa shape index (κ2) is 8.19. The molecule has 1 atom stereocenters. The van der Waals surface area contributed by atoms with Gasteiger partial charge in [-0.1, -0.05) is 60.7 Å². The molecule has 0 radical (unpaired) electrons. The minimum atomic E-state index is -0.134. The molecule has 2 aromatic heterocycles. The molecule has 0 aliphatic heterocycles. The summed E-state index contributed by atoms with van der Waals surface area (Å²) in [6.45, 7) is 0. The highest BCUT2D eigenvalue weighted by molar-refractivity contribution is 5.93. The molecule has 0 bridgehead atoms. The summed E-state index contributed by atoms with van der Waals surface area (Å²) >= 11 is 0. The third-order valence-electron chi connectivity index (χ3n) is 5.11. The molecular weight excluding hydrogens is 360 g/mol. The SMILES string of the molecule is Cn1cccc1-c1cc(C(=O)NC(Cc2ccccc2)c2ccccc2)n(C)n1. The minimum absolute atomic E-state index is 0.125. The lowest BCUT2D eigenvalue weighted by atomic mass is 9.98. The Labute approximate surface area is 170 Å². The summed E-state index contributed by atoms with van der Waals surface area (Å²) in [5.74, 6) is -0.134. The number of rotatable bonds is 6. The predicted octanol–water partition coefficient (Wildman–Crippen LogP) is 4.14. The normalized spacial score (nSPS) is 11.9. The Morgan fingerprint density at radius 1 is 0.966 bits per heavy atom. The molecule has 0 aliphatic rings. The summed E-state index contributed by atoms with van der Waals surface area (Å²) in [6.07, 6.45) is 2.69. The second-order valence-electron chi connectivity index (χ2n) is 7.17. The Kier molecular flexibility index (Phi) is 5.29. The second-order valence-corrected chi connectivity index (χ2v) is 7.17. The van der Waals surface area contributed by atoms with Crippen molar-refractivity contribution in [2.24, 2.45) is 14.1 Å². The van der Waals surface area contributed by atoms with Gasteiger partial charge in [-0.25, -0.2) is 0 Å². The van der Waals surface area contributed by atoms with Crippen LogP contribution < -0.4 is 5.32 Å². The first-order valence-electron chi connectivity index (χ1n) is 9.67. The van der Waals surface area contributed by atoms with E-state index >= 15 is 0 Å². The first-order chi connectivity index (χ1) is 14.1. The quantitative estimate of drug-likeness (QED) is 0.543. The summed E-state index contributed by atoms with van der Waals surface area (Å²) in [7, 11) is 3.77. The maximum atomic E-state index is 13.1. The van der Waals surface area contributed by atoms with Crippen molar-refractivity contribution in [2.75, 3.05) is 0 Å². The number of aryl methyl sites for hydroxylation is 2. The van der Waals surface area contributed by atoms with Crippen LogP contribution in [0.3, 0.4) is 0 Å². The van der Waals surface area contributed by atoms with E-state index in [1.165, 1.54) is 5.56 Å². The van der Waals surface area contributed by atoms with Crippen LogP contribution in [0.25, 0.3) is 11.4 Å². The molecule has 0 fully saturated rings. The number of carbonyl (C=O) groups excluding carboxylic acids is 1. The third-order valence-corrected chi connectivity index (χ3v) is 5.11. The van der Waals surface area contributed by atoms with Crippen LogP contribution in [0.5, 0.6) is 0 Å². The number of nitrogens with one attached hydrogen (secondary N) is 1. The van der Waals surface area contributed by atoms with Crippen molar-refractivity contribution in [3.8, 4) is 11.4 Å². The van der Waals surface area contributed by atoms with Crippen LogP contribution in [0, 0.1) is 0 Å². The van der Waals surface area contributed by atoms with Crippen LogP contribution in [0.15, 0.2) is 85.1 Å². The number of hydrogen-bond acceptors (Lipinski definition) is 2. The maximum absolute atomic E-state index is 13.1. The summed E-state index contributed by atoms with van der Waals surface area (Å²) in [4.78, 5) is 13.1. The average Bonchev–Trinajstić information content (AvgIpc) is 3.34. The van der Waals surface area contributed by atoms with Crippen LogP contribution in [0.2, 0.25) is 0 Å². The average molecular weight is 384 g/mol. The molecule has 5 nitrogen and oxygen atoms in total. The van der Waals surface area contributed by atoms with E-state index < -0.39 is 0 Å². The van der Waals surface area contributed by atoms with E-state index in [1.807, 2.05) is 84.5 Å². The van der Waals surface area contributed by atoms with E-state index in [9.17, 15) is 4.79 Å². The molecular formula is C24H24N4O. The Bertz CT molecular complexity index is 1100. The van der Waals surface area contributed by atoms with Gasteiger partial charge in [-0.05, 0) is 35.7 Å². The molecule has 146 valence electrons. The lowest BCUT2D eigenvalue weighted by molar-refractivity contribution is 0.0927. The van der Waals surface area contributed by atoms with Crippen molar-refractivity contribution in [1.29, 1.82) is 0 Å². The number of carbonyl (C=O) groups is 1. The zero-order valence-corrected chi connectivity index (χ0v) is 16.6. The molecule has 2 aromatic carbocycles. The fourth-order valence-corrected chi connectivity index (χ4v) is 3.55. The van der Waals surface area contributed by atoms with Gasteiger partial charge in [0.2, 0.25) is 0 Å². The molecule has 4 rings (SSSR count). The molecule has 4 aromatic rings. The summed E-state index contributed by atoms with van der Waals surface area (Å²) < 4.78 is 3.63. The lowest BCUT2D eigenvalue weighted by Gasteiger charge is -2.19. The molecule has 0 saturated heterocycles. The van der Waals surface area contributed by atoms with E-state index in [2.05, 4.69) is 22.5 Å². The van der Waals surface area contributed by atoms with Crippen molar-refractivity contribution >= 4 is 5.91 Å². The molecule has 0 aliphatic carbocycles. The molecule has 0 spiro atoms. The first kappa shape index (κ1) is 18.7. The van der Waals surface area contributed by atoms with Crippen LogP contribution in [-0.4, -0.2) is 20.3 Å². The molecule has 29 heavy (non-hydrogen) atoms. The van der Waals surface area contributed by atoms with Crippen molar-refractivity contribution in [3.63, 3.8) is 0 Å². The monoisotopic (exact) mass is 384 g/mol. The van der Waals surface area contributed by atoms with E-state index in [0.29, 0.717) is 5.69 Å². The minimum Gasteiger partial charge on any atom is -0.349 e. The molecule has 1 N–H and O–H groups in total. The molecule has 0 saturated carbocycles. The smallest absolute Gasteiger partial charge is 0.270 e. The highest BCUT2D eigenvalue weighted by atomic mass is 16.2. The van der Waals surface area contributed by atoms with Gasteiger partial charge >= 0.3 is 0 Å². The summed E-state index contributed by atoms with van der Waals surface area (Å²) in [6, 6.07) is 26.0. The van der Waals surface area contributed by atoms with Crippen molar-refractivity contribution in [1.82, 2.24) is 19.7 Å². The highest BCUT2D eigenvalue weighted by Gasteiger charge is 2.20. The Balaban J connectivity index is 1.60. The van der Waals surface area contributed by atoms with Crippen molar-refractivity contribution in [3.05, 3.63) is 102 Å². The summed E-state index contributed by atoms with van der Waals surface area (Å²) in [5, 5.41) is 7.74. The number of hydrogen-bond donors (Lipinski definition) is 1. The topological polar surface area (TPSA) is 51.9 Å². The molecule has 1 unspecified atom stereocenters. The Morgan fingerprint density at radius 2 is 1.66 bits per heavy atom. The van der Waals surface area contributed by atoms with Crippen molar-refractivity contribution < 1.29 is 4.79 Å².